The number of hydrogen-bond acceptors (Lipinski definition) is 4. The van der Waals surface area contributed by atoms with E-state index in [1.807, 2.05) is 18.2 Å². The summed E-state index contributed by atoms with van der Waals surface area (Å²) in [6, 6.07) is 12.6. The Bertz CT molecular complexity index is 754. The predicted octanol–water partition coefficient (Wildman–Crippen LogP) is 1.79. The van der Waals surface area contributed by atoms with Gasteiger partial charge < -0.3 is 10.4 Å². The summed E-state index contributed by atoms with van der Waals surface area (Å²) in [6.45, 7) is 0. The molecule has 2 aromatic heterocycles. The van der Waals surface area contributed by atoms with Crippen molar-refractivity contribution in [2.45, 2.75) is 12.5 Å². The Morgan fingerprint density at radius 2 is 2.05 bits per heavy atom. The van der Waals surface area contributed by atoms with Crippen LogP contribution in [0, 0.1) is 0 Å². The molecule has 3 aromatic rings. The van der Waals surface area contributed by atoms with Crippen molar-refractivity contribution in [2.24, 2.45) is 0 Å². The van der Waals surface area contributed by atoms with Gasteiger partial charge in [-0.15, -0.1) is 10.2 Å². The Morgan fingerprint density at radius 3 is 2.86 bits per heavy atom. The van der Waals surface area contributed by atoms with Crippen molar-refractivity contribution in [2.75, 3.05) is 5.32 Å². The first-order valence-electron chi connectivity index (χ1n) is 6.54. The van der Waals surface area contributed by atoms with Crippen molar-refractivity contribution in [1.82, 2.24) is 14.6 Å². The number of anilines is 1. The molecule has 1 amide bonds. The number of rotatable bonds is 4. The molecule has 21 heavy (non-hydrogen) atoms. The fourth-order valence-electron chi connectivity index (χ4n) is 2.08. The molecule has 0 saturated carbocycles. The summed E-state index contributed by atoms with van der Waals surface area (Å²) >= 11 is 0. The minimum atomic E-state index is -0.815. The molecule has 0 aliphatic rings. The van der Waals surface area contributed by atoms with E-state index in [0.29, 0.717) is 11.3 Å². The summed E-state index contributed by atoms with van der Waals surface area (Å²) in [5.74, 6) is -0.251. The van der Waals surface area contributed by atoms with Crippen LogP contribution in [0.3, 0.4) is 0 Å². The zero-order valence-electron chi connectivity index (χ0n) is 11.2. The molecule has 0 spiro atoms. The summed E-state index contributed by atoms with van der Waals surface area (Å²) in [5.41, 5.74) is 2.06. The van der Waals surface area contributed by atoms with E-state index in [0.717, 1.165) is 5.56 Å². The minimum absolute atomic E-state index is 0.00420. The molecular weight excluding hydrogens is 268 g/mol. The summed E-state index contributed by atoms with van der Waals surface area (Å²) in [6.07, 6.45) is 2.47. The lowest BCUT2D eigenvalue weighted by molar-refractivity contribution is -0.118. The van der Waals surface area contributed by atoms with E-state index in [1.54, 1.807) is 41.2 Å². The van der Waals surface area contributed by atoms with E-state index in [2.05, 4.69) is 15.5 Å². The van der Waals surface area contributed by atoms with Gasteiger partial charge in [0.05, 0.1) is 18.2 Å². The van der Waals surface area contributed by atoms with Crippen LogP contribution in [0.15, 0.2) is 55.0 Å². The molecule has 1 aromatic carbocycles. The Labute approximate surface area is 121 Å². The van der Waals surface area contributed by atoms with E-state index >= 15 is 0 Å². The van der Waals surface area contributed by atoms with Crippen molar-refractivity contribution < 1.29 is 9.90 Å². The molecule has 1 atom stereocenters. The van der Waals surface area contributed by atoms with Crippen LogP contribution in [0.25, 0.3) is 5.65 Å². The van der Waals surface area contributed by atoms with E-state index in [-0.39, 0.29) is 12.3 Å². The first kappa shape index (κ1) is 13.3. The quantitative estimate of drug-likeness (QED) is 0.764. The topological polar surface area (TPSA) is 79.5 Å². The number of carbonyl (C=O) groups is 1. The summed E-state index contributed by atoms with van der Waals surface area (Å²) in [4.78, 5) is 12.0. The number of benzene rings is 1. The monoisotopic (exact) mass is 282 g/mol. The van der Waals surface area contributed by atoms with Gasteiger partial charge in [0.25, 0.3) is 0 Å². The predicted molar refractivity (Wildman–Crippen MR) is 77.6 cm³/mol. The van der Waals surface area contributed by atoms with Crippen LogP contribution in [-0.2, 0) is 4.79 Å². The van der Waals surface area contributed by atoms with E-state index < -0.39 is 6.10 Å². The van der Waals surface area contributed by atoms with Crippen LogP contribution in [0.5, 0.6) is 0 Å². The van der Waals surface area contributed by atoms with Gasteiger partial charge in [-0.1, -0.05) is 30.3 Å². The molecule has 0 aliphatic carbocycles. The third-order valence-corrected chi connectivity index (χ3v) is 3.14. The second-order valence-electron chi connectivity index (χ2n) is 4.69. The highest BCUT2D eigenvalue weighted by Gasteiger charge is 2.13. The van der Waals surface area contributed by atoms with Gasteiger partial charge in [-0.05, 0) is 17.7 Å². The van der Waals surface area contributed by atoms with Gasteiger partial charge in [0.2, 0.25) is 5.91 Å². The third-order valence-electron chi connectivity index (χ3n) is 3.14. The Kier molecular flexibility index (Phi) is 3.61. The van der Waals surface area contributed by atoms with Crippen molar-refractivity contribution in [3.05, 3.63) is 60.6 Å². The molecule has 0 fully saturated rings. The fourth-order valence-corrected chi connectivity index (χ4v) is 2.08. The zero-order valence-corrected chi connectivity index (χ0v) is 11.2. The summed E-state index contributed by atoms with van der Waals surface area (Å²) < 4.78 is 1.71. The highest BCUT2D eigenvalue weighted by Crippen LogP contribution is 2.17. The highest BCUT2D eigenvalue weighted by molar-refractivity contribution is 5.91. The van der Waals surface area contributed by atoms with E-state index in [9.17, 15) is 9.90 Å². The number of aliphatic hydroxyl groups excluding tert-OH is 1. The normalized spacial score (nSPS) is 12.2. The number of pyridine rings is 1. The van der Waals surface area contributed by atoms with Gasteiger partial charge in [-0.25, -0.2) is 0 Å². The van der Waals surface area contributed by atoms with Crippen molar-refractivity contribution in [1.29, 1.82) is 0 Å². The number of carbonyl (C=O) groups excluding carboxylic acids is 1. The molecule has 0 bridgehead atoms. The number of amides is 1. The maximum absolute atomic E-state index is 12.0. The third kappa shape index (κ3) is 3.06. The molecule has 2 heterocycles. The number of nitrogens with zero attached hydrogens (tertiary/aromatic N) is 3. The molecule has 6 heteroatoms. The van der Waals surface area contributed by atoms with Crippen molar-refractivity contribution in [3.63, 3.8) is 0 Å². The molecule has 2 N–H and O–H groups in total. The lowest BCUT2D eigenvalue weighted by atomic mass is 10.1. The van der Waals surface area contributed by atoms with Gasteiger partial charge in [-0.3, -0.25) is 9.20 Å². The fraction of sp³-hybridized carbons (Fsp3) is 0.133. The maximum atomic E-state index is 12.0. The highest BCUT2D eigenvalue weighted by atomic mass is 16.3. The molecule has 0 saturated heterocycles. The number of hydrogen-bond donors (Lipinski definition) is 2. The van der Waals surface area contributed by atoms with Crippen molar-refractivity contribution >= 4 is 17.2 Å². The van der Waals surface area contributed by atoms with Gasteiger partial charge in [0, 0.05) is 6.20 Å². The standard InChI is InChI=1S/C15H14N4O2/c20-13(11-4-2-1-3-5-11)8-15(21)17-12-6-7-14-18-16-10-19(14)9-12/h1-7,9-10,13,20H,8H2,(H,17,21). The van der Waals surface area contributed by atoms with Crippen LogP contribution in [0.1, 0.15) is 18.1 Å². The molecule has 1 unspecified atom stereocenters. The second kappa shape index (κ2) is 5.72. The SMILES string of the molecule is O=C(CC(O)c1ccccc1)Nc1ccc2nncn2c1. The average molecular weight is 282 g/mol. The number of aliphatic hydroxyl groups is 1. The van der Waals surface area contributed by atoms with Crippen LogP contribution in [0.4, 0.5) is 5.69 Å². The molecule has 0 radical (unpaired) electrons. The molecule has 6 nitrogen and oxygen atoms in total. The molecule has 106 valence electrons. The lowest BCUT2D eigenvalue weighted by Gasteiger charge is -2.11. The second-order valence-corrected chi connectivity index (χ2v) is 4.69. The summed E-state index contributed by atoms with van der Waals surface area (Å²) in [5, 5.41) is 20.4. The van der Waals surface area contributed by atoms with Crippen LogP contribution >= 0.6 is 0 Å². The molecule has 0 aliphatic heterocycles. The maximum Gasteiger partial charge on any atom is 0.227 e. The molecule has 3 rings (SSSR count). The number of fused-ring (bicyclic) bond motifs is 1. The smallest absolute Gasteiger partial charge is 0.227 e. The number of aromatic nitrogens is 3. The first-order chi connectivity index (χ1) is 10.2. The van der Waals surface area contributed by atoms with E-state index in [4.69, 9.17) is 0 Å². The van der Waals surface area contributed by atoms with Crippen LogP contribution in [-0.4, -0.2) is 25.6 Å². The van der Waals surface area contributed by atoms with Gasteiger partial charge in [-0.2, -0.15) is 0 Å². The van der Waals surface area contributed by atoms with Gasteiger partial charge in [0.1, 0.15) is 6.33 Å². The molecular formula is C15H14N4O2. The Morgan fingerprint density at radius 1 is 1.24 bits per heavy atom. The van der Waals surface area contributed by atoms with Gasteiger partial charge >= 0.3 is 0 Å². The zero-order chi connectivity index (χ0) is 14.7. The van der Waals surface area contributed by atoms with Crippen LogP contribution < -0.4 is 5.32 Å². The number of nitrogens with one attached hydrogen (secondary N) is 1. The Balaban J connectivity index is 1.66. The Hall–Kier alpha value is -2.73. The van der Waals surface area contributed by atoms with Crippen LogP contribution in [0.2, 0.25) is 0 Å². The van der Waals surface area contributed by atoms with E-state index in [1.165, 1.54) is 0 Å². The van der Waals surface area contributed by atoms with Crippen molar-refractivity contribution in [3.8, 4) is 0 Å². The van der Waals surface area contributed by atoms with Gasteiger partial charge in [0.15, 0.2) is 5.65 Å². The minimum Gasteiger partial charge on any atom is -0.388 e. The summed E-state index contributed by atoms with van der Waals surface area (Å²) in [7, 11) is 0. The average Bonchev–Trinajstić information content (AvgIpc) is 2.95. The first-order valence-corrected chi connectivity index (χ1v) is 6.54. The largest absolute Gasteiger partial charge is 0.388 e. The lowest BCUT2D eigenvalue weighted by Crippen LogP contribution is -2.15.